The zero-order valence-corrected chi connectivity index (χ0v) is 15.7. The number of hydrogen-bond acceptors (Lipinski definition) is 3. The number of nitrogens with zero attached hydrogens (tertiary/aromatic N) is 2. The van der Waals surface area contributed by atoms with Crippen LogP contribution >= 0.6 is 0 Å². The molecule has 3 aliphatic heterocycles. The Labute approximate surface area is 155 Å². The van der Waals surface area contributed by atoms with E-state index in [-0.39, 0.29) is 17.9 Å². The maximum atomic E-state index is 13.1. The Bertz CT molecular complexity index is 669. The van der Waals surface area contributed by atoms with E-state index in [2.05, 4.69) is 36.5 Å². The molecule has 0 radical (unpaired) electrons. The average Bonchev–Trinajstić information content (AvgIpc) is 3.25. The van der Waals surface area contributed by atoms with Crippen LogP contribution in [0.5, 0.6) is 0 Å². The highest BCUT2D eigenvalue weighted by Crippen LogP contribution is 2.37. The SMILES string of the molecule is Cc1ccc(CN2C(=O)CCC2C(=O)N2CCC3(CCNC3)CC2)cc1. The summed E-state index contributed by atoms with van der Waals surface area (Å²) >= 11 is 0. The third kappa shape index (κ3) is 3.37. The molecule has 1 spiro atoms. The number of rotatable bonds is 3. The van der Waals surface area contributed by atoms with Gasteiger partial charge in [-0.3, -0.25) is 9.59 Å². The van der Waals surface area contributed by atoms with E-state index < -0.39 is 0 Å². The summed E-state index contributed by atoms with van der Waals surface area (Å²) in [6, 6.07) is 7.96. The van der Waals surface area contributed by atoms with Crippen LogP contribution in [0.15, 0.2) is 24.3 Å². The van der Waals surface area contributed by atoms with E-state index in [4.69, 9.17) is 0 Å². The molecule has 1 atom stereocenters. The van der Waals surface area contributed by atoms with Crippen LogP contribution in [-0.2, 0) is 16.1 Å². The van der Waals surface area contributed by atoms with Gasteiger partial charge in [0.15, 0.2) is 0 Å². The zero-order valence-electron chi connectivity index (χ0n) is 15.7. The highest BCUT2D eigenvalue weighted by atomic mass is 16.2. The van der Waals surface area contributed by atoms with E-state index in [0.29, 0.717) is 24.8 Å². The number of nitrogens with one attached hydrogen (secondary N) is 1. The fourth-order valence-electron chi connectivity index (χ4n) is 4.71. The van der Waals surface area contributed by atoms with E-state index in [1.165, 1.54) is 12.0 Å². The summed E-state index contributed by atoms with van der Waals surface area (Å²) in [7, 11) is 0. The van der Waals surface area contributed by atoms with Crippen molar-refractivity contribution in [3.63, 3.8) is 0 Å². The molecule has 0 aliphatic carbocycles. The minimum Gasteiger partial charge on any atom is -0.341 e. The van der Waals surface area contributed by atoms with Crippen molar-refractivity contribution in [1.82, 2.24) is 15.1 Å². The number of benzene rings is 1. The van der Waals surface area contributed by atoms with Crippen molar-refractivity contribution < 1.29 is 9.59 Å². The Morgan fingerprint density at radius 1 is 1.19 bits per heavy atom. The van der Waals surface area contributed by atoms with Gasteiger partial charge in [-0.15, -0.1) is 0 Å². The zero-order chi connectivity index (χ0) is 18.1. The van der Waals surface area contributed by atoms with Gasteiger partial charge >= 0.3 is 0 Å². The minimum atomic E-state index is -0.278. The molecule has 1 aromatic carbocycles. The summed E-state index contributed by atoms with van der Waals surface area (Å²) < 4.78 is 0. The topological polar surface area (TPSA) is 52.7 Å². The lowest BCUT2D eigenvalue weighted by Crippen LogP contribution is -2.51. The quantitative estimate of drug-likeness (QED) is 0.903. The van der Waals surface area contributed by atoms with Crippen LogP contribution in [0.1, 0.15) is 43.2 Å². The molecule has 26 heavy (non-hydrogen) atoms. The first kappa shape index (κ1) is 17.5. The van der Waals surface area contributed by atoms with Gasteiger partial charge in [0.1, 0.15) is 6.04 Å². The maximum absolute atomic E-state index is 13.1. The number of aryl methyl sites for hydroxylation is 1. The van der Waals surface area contributed by atoms with Crippen LogP contribution in [0.25, 0.3) is 0 Å². The van der Waals surface area contributed by atoms with Crippen LogP contribution in [0.2, 0.25) is 0 Å². The molecular formula is C21H29N3O2. The van der Waals surface area contributed by atoms with Crippen molar-refractivity contribution in [2.45, 2.75) is 51.6 Å². The van der Waals surface area contributed by atoms with Crippen molar-refractivity contribution in [3.05, 3.63) is 35.4 Å². The van der Waals surface area contributed by atoms with E-state index in [0.717, 1.165) is 44.6 Å². The van der Waals surface area contributed by atoms with Crippen molar-refractivity contribution in [3.8, 4) is 0 Å². The van der Waals surface area contributed by atoms with E-state index in [9.17, 15) is 9.59 Å². The number of hydrogen-bond donors (Lipinski definition) is 1. The molecule has 3 heterocycles. The van der Waals surface area contributed by atoms with Crippen molar-refractivity contribution in [2.75, 3.05) is 26.2 Å². The average molecular weight is 355 g/mol. The van der Waals surface area contributed by atoms with Gasteiger partial charge in [0.05, 0.1) is 0 Å². The molecule has 2 amide bonds. The molecule has 3 saturated heterocycles. The van der Waals surface area contributed by atoms with Gasteiger partial charge in [-0.2, -0.15) is 0 Å². The van der Waals surface area contributed by atoms with Gasteiger partial charge in [0.2, 0.25) is 11.8 Å². The number of carbonyl (C=O) groups excluding carboxylic acids is 2. The van der Waals surface area contributed by atoms with Gasteiger partial charge in [-0.05, 0) is 50.1 Å². The smallest absolute Gasteiger partial charge is 0.245 e. The number of piperidine rings is 1. The summed E-state index contributed by atoms with van der Waals surface area (Å²) in [4.78, 5) is 29.3. The highest BCUT2D eigenvalue weighted by Gasteiger charge is 2.42. The Morgan fingerprint density at radius 2 is 1.92 bits per heavy atom. The highest BCUT2D eigenvalue weighted by molar-refractivity contribution is 5.91. The molecule has 0 saturated carbocycles. The molecular weight excluding hydrogens is 326 g/mol. The van der Waals surface area contributed by atoms with Gasteiger partial charge < -0.3 is 15.1 Å². The number of amides is 2. The van der Waals surface area contributed by atoms with Crippen LogP contribution < -0.4 is 5.32 Å². The molecule has 4 rings (SSSR count). The first-order chi connectivity index (χ1) is 12.6. The number of carbonyl (C=O) groups is 2. The molecule has 1 aromatic rings. The second kappa shape index (κ2) is 7.03. The molecule has 140 valence electrons. The second-order valence-corrected chi connectivity index (χ2v) is 8.31. The van der Waals surface area contributed by atoms with E-state index in [1.54, 1.807) is 4.90 Å². The van der Waals surface area contributed by atoms with Gasteiger partial charge in [-0.1, -0.05) is 29.8 Å². The fraction of sp³-hybridized carbons (Fsp3) is 0.619. The van der Waals surface area contributed by atoms with Gasteiger partial charge in [0, 0.05) is 32.6 Å². The Hall–Kier alpha value is -1.88. The van der Waals surface area contributed by atoms with Crippen molar-refractivity contribution in [1.29, 1.82) is 0 Å². The minimum absolute atomic E-state index is 0.109. The Balaban J connectivity index is 1.41. The Kier molecular flexibility index (Phi) is 4.74. The fourth-order valence-corrected chi connectivity index (χ4v) is 4.71. The van der Waals surface area contributed by atoms with Crippen LogP contribution in [0, 0.1) is 12.3 Å². The summed E-state index contributed by atoms with van der Waals surface area (Å²) in [5.74, 6) is 0.265. The normalized spacial score (nSPS) is 25.3. The predicted molar refractivity (Wildman–Crippen MR) is 100 cm³/mol. The van der Waals surface area contributed by atoms with E-state index in [1.807, 2.05) is 4.90 Å². The van der Waals surface area contributed by atoms with Gasteiger partial charge in [-0.25, -0.2) is 0 Å². The molecule has 5 heteroatoms. The Morgan fingerprint density at radius 3 is 2.58 bits per heavy atom. The summed E-state index contributed by atoms with van der Waals surface area (Å²) in [5, 5.41) is 3.47. The lowest BCUT2D eigenvalue weighted by molar-refractivity contribution is -0.143. The van der Waals surface area contributed by atoms with Crippen molar-refractivity contribution in [2.24, 2.45) is 5.41 Å². The third-order valence-corrected chi connectivity index (χ3v) is 6.55. The molecule has 1 unspecified atom stereocenters. The summed E-state index contributed by atoms with van der Waals surface area (Å²) in [6.07, 6.45) is 4.56. The third-order valence-electron chi connectivity index (χ3n) is 6.55. The van der Waals surface area contributed by atoms with Crippen molar-refractivity contribution >= 4 is 11.8 Å². The lowest BCUT2D eigenvalue weighted by Gasteiger charge is -2.40. The molecule has 0 bridgehead atoms. The van der Waals surface area contributed by atoms with Crippen LogP contribution in [0.3, 0.4) is 0 Å². The first-order valence-corrected chi connectivity index (χ1v) is 9.91. The maximum Gasteiger partial charge on any atom is 0.245 e. The van der Waals surface area contributed by atoms with Crippen LogP contribution in [-0.4, -0.2) is 53.8 Å². The van der Waals surface area contributed by atoms with Crippen LogP contribution in [0.4, 0.5) is 0 Å². The van der Waals surface area contributed by atoms with Gasteiger partial charge in [0.25, 0.3) is 0 Å². The summed E-state index contributed by atoms with van der Waals surface area (Å²) in [6.45, 7) is 6.47. The first-order valence-electron chi connectivity index (χ1n) is 9.91. The molecule has 5 nitrogen and oxygen atoms in total. The second-order valence-electron chi connectivity index (χ2n) is 8.31. The largest absolute Gasteiger partial charge is 0.341 e. The lowest BCUT2D eigenvalue weighted by atomic mass is 9.77. The molecule has 3 aliphatic rings. The monoisotopic (exact) mass is 355 g/mol. The number of likely N-dealkylation sites (tertiary alicyclic amines) is 2. The molecule has 0 aromatic heterocycles. The molecule has 1 N–H and O–H groups in total. The van der Waals surface area contributed by atoms with E-state index >= 15 is 0 Å². The molecule has 3 fully saturated rings. The standard InChI is InChI=1S/C21H29N3O2/c1-16-2-4-17(5-3-16)14-24-18(6-7-19(24)25)20(26)23-12-9-21(10-13-23)8-11-22-15-21/h2-5,18,22H,6-15H2,1H3. The summed E-state index contributed by atoms with van der Waals surface area (Å²) in [5.41, 5.74) is 2.71. The predicted octanol–water partition coefficient (Wildman–Crippen LogP) is 2.09.